The second-order valence-electron chi connectivity index (χ2n) is 4.28. The summed E-state index contributed by atoms with van der Waals surface area (Å²) < 4.78 is 11.6. The summed E-state index contributed by atoms with van der Waals surface area (Å²) in [5, 5.41) is 4.40. The average Bonchev–Trinajstić information content (AvgIpc) is 2.35. The van der Waals surface area contributed by atoms with Crippen LogP contribution in [0.5, 0.6) is 5.75 Å². The highest BCUT2D eigenvalue weighted by Gasteiger charge is 2.43. The first kappa shape index (κ1) is 13.9. The van der Waals surface area contributed by atoms with E-state index in [1.165, 1.54) is 0 Å². The van der Waals surface area contributed by atoms with Gasteiger partial charge in [0.1, 0.15) is 18.0 Å². The molecule has 1 aromatic carbocycles. The van der Waals surface area contributed by atoms with Gasteiger partial charge in [0.05, 0.1) is 5.02 Å². The molecule has 0 saturated heterocycles. The van der Waals surface area contributed by atoms with Crippen molar-refractivity contribution in [2.45, 2.75) is 31.6 Å². The molecule has 0 amide bonds. The zero-order valence-corrected chi connectivity index (χ0v) is 12.0. The molecule has 0 radical (unpaired) electrons. The summed E-state index contributed by atoms with van der Waals surface area (Å²) in [7, 11) is 1.93. The van der Waals surface area contributed by atoms with Crippen molar-refractivity contribution in [3.8, 4) is 5.75 Å². The standard InChI is InChI=1S/C13H17Cl2NO2/c1-3-17-13-10(16-2)7-12(13)18-11-6-8(14)4-5-9(11)15/h4-6,10,12-13,16H,3,7H2,1-2H3. The van der Waals surface area contributed by atoms with Crippen LogP contribution < -0.4 is 10.1 Å². The summed E-state index contributed by atoms with van der Waals surface area (Å²) in [6.45, 7) is 2.65. The maximum absolute atomic E-state index is 6.08. The lowest BCUT2D eigenvalue weighted by Gasteiger charge is -2.43. The Morgan fingerprint density at radius 2 is 2.17 bits per heavy atom. The molecule has 1 fully saturated rings. The summed E-state index contributed by atoms with van der Waals surface area (Å²) >= 11 is 12.0. The van der Waals surface area contributed by atoms with Crippen molar-refractivity contribution < 1.29 is 9.47 Å². The van der Waals surface area contributed by atoms with Crippen molar-refractivity contribution in [3.05, 3.63) is 28.2 Å². The number of halogens is 2. The van der Waals surface area contributed by atoms with Crippen molar-refractivity contribution in [3.63, 3.8) is 0 Å². The van der Waals surface area contributed by atoms with E-state index in [1.807, 2.05) is 14.0 Å². The third-order valence-electron chi connectivity index (χ3n) is 3.15. The molecule has 1 saturated carbocycles. The molecule has 1 aliphatic carbocycles. The van der Waals surface area contributed by atoms with Gasteiger partial charge in [-0.05, 0) is 26.1 Å². The Bertz CT molecular complexity index is 414. The Hall–Kier alpha value is -0.480. The molecule has 0 aromatic heterocycles. The van der Waals surface area contributed by atoms with Gasteiger partial charge in [-0.25, -0.2) is 0 Å². The molecule has 0 aliphatic heterocycles. The van der Waals surface area contributed by atoms with Crippen molar-refractivity contribution in [1.82, 2.24) is 5.32 Å². The molecule has 1 aromatic rings. The predicted octanol–water partition coefficient (Wildman–Crippen LogP) is 3.14. The molecular weight excluding hydrogens is 273 g/mol. The fraction of sp³-hybridized carbons (Fsp3) is 0.538. The maximum atomic E-state index is 6.08. The minimum atomic E-state index is 0.0263. The van der Waals surface area contributed by atoms with E-state index in [2.05, 4.69) is 5.32 Å². The summed E-state index contributed by atoms with van der Waals surface area (Å²) in [6.07, 6.45) is 0.998. The summed E-state index contributed by atoms with van der Waals surface area (Å²) in [5.41, 5.74) is 0. The Balaban J connectivity index is 2.03. The fourth-order valence-electron chi connectivity index (χ4n) is 2.13. The van der Waals surface area contributed by atoms with Crippen LogP contribution in [-0.4, -0.2) is 31.9 Å². The van der Waals surface area contributed by atoms with E-state index < -0.39 is 0 Å². The first-order chi connectivity index (χ1) is 8.65. The van der Waals surface area contributed by atoms with Gasteiger partial charge in [-0.15, -0.1) is 0 Å². The number of rotatable bonds is 5. The highest BCUT2D eigenvalue weighted by molar-refractivity contribution is 6.34. The van der Waals surface area contributed by atoms with Gasteiger partial charge < -0.3 is 14.8 Å². The summed E-state index contributed by atoms with van der Waals surface area (Å²) in [5.74, 6) is 0.619. The molecule has 0 heterocycles. The highest BCUT2D eigenvalue weighted by Crippen LogP contribution is 2.34. The highest BCUT2D eigenvalue weighted by atomic mass is 35.5. The molecule has 100 valence electrons. The van der Waals surface area contributed by atoms with E-state index >= 15 is 0 Å². The minimum absolute atomic E-state index is 0.0263. The van der Waals surface area contributed by atoms with Gasteiger partial charge in [0, 0.05) is 30.2 Å². The van der Waals surface area contributed by atoms with Crippen LogP contribution >= 0.6 is 23.2 Å². The van der Waals surface area contributed by atoms with Crippen LogP contribution in [0.15, 0.2) is 18.2 Å². The van der Waals surface area contributed by atoms with E-state index in [-0.39, 0.29) is 12.2 Å². The SMILES string of the molecule is CCOC1C(NC)CC1Oc1cc(Cl)ccc1Cl. The number of ether oxygens (including phenoxy) is 2. The van der Waals surface area contributed by atoms with E-state index in [4.69, 9.17) is 32.7 Å². The molecule has 3 nitrogen and oxygen atoms in total. The van der Waals surface area contributed by atoms with E-state index in [1.54, 1.807) is 18.2 Å². The number of hydrogen-bond acceptors (Lipinski definition) is 3. The van der Waals surface area contributed by atoms with E-state index in [9.17, 15) is 0 Å². The molecule has 0 spiro atoms. The first-order valence-corrected chi connectivity index (χ1v) is 6.82. The Morgan fingerprint density at radius 3 is 2.83 bits per heavy atom. The summed E-state index contributed by atoms with van der Waals surface area (Å²) in [6, 6.07) is 5.56. The molecule has 0 bridgehead atoms. The molecule has 3 unspecified atom stereocenters. The zero-order chi connectivity index (χ0) is 13.1. The number of hydrogen-bond donors (Lipinski definition) is 1. The van der Waals surface area contributed by atoms with Crippen molar-refractivity contribution in [2.24, 2.45) is 0 Å². The Labute approximate surface area is 117 Å². The lowest BCUT2D eigenvalue weighted by Crippen LogP contribution is -2.60. The third kappa shape index (κ3) is 2.91. The minimum Gasteiger partial charge on any atom is -0.486 e. The number of benzene rings is 1. The van der Waals surface area contributed by atoms with Crippen molar-refractivity contribution >= 4 is 23.2 Å². The monoisotopic (exact) mass is 289 g/mol. The maximum Gasteiger partial charge on any atom is 0.139 e. The molecule has 1 aliphatic rings. The first-order valence-electron chi connectivity index (χ1n) is 6.06. The Morgan fingerprint density at radius 1 is 1.39 bits per heavy atom. The summed E-state index contributed by atoms with van der Waals surface area (Å²) in [4.78, 5) is 0. The Kier molecular flexibility index (Phi) is 4.73. The van der Waals surface area contributed by atoms with E-state index in [0.29, 0.717) is 28.4 Å². The van der Waals surface area contributed by atoms with Crippen LogP contribution in [0.1, 0.15) is 13.3 Å². The van der Waals surface area contributed by atoms with Crippen LogP contribution in [-0.2, 0) is 4.74 Å². The van der Waals surface area contributed by atoms with Crippen LogP contribution in [0.4, 0.5) is 0 Å². The number of likely N-dealkylation sites (N-methyl/N-ethyl adjacent to an activating group) is 1. The molecule has 3 atom stereocenters. The van der Waals surface area contributed by atoms with Crippen molar-refractivity contribution in [1.29, 1.82) is 0 Å². The lowest BCUT2D eigenvalue weighted by atomic mass is 9.85. The smallest absolute Gasteiger partial charge is 0.139 e. The topological polar surface area (TPSA) is 30.5 Å². The average molecular weight is 290 g/mol. The molecule has 5 heteroatoms. The molecule has 2 rings (SSSR count). The van der Waals surface area contributed by atoms with Crippen LogP contribution in [0.3, 0.4) is 0 Å². The predicted molar refractivity (Wildman–Crippen MR) is 73.8 cm³/mol. The zero-order valence-electron chi connectivity index (χ0n) is 10.5. The van der Waals surface area contributed by atoms with Crippen LogP contribution in [0, 0.1) is 0 Å². The lowest BCUT2D eigenvalue weighted by molar-refractivity contribution is -0.103. The van der Waals surface area contributed by atoms with Gasteiger partial charge >= 0.3 is 0 Å². The van der Waals surface area contributed by atoms with Crippen molar-refractivity contribution in [2.75, 3.05) is 13.7 Å². The second kappa shape index (κ2) is 6.11. The molecule has 18 heavy (non-hydrogen) atoms. The second-order valence-corrected chi connectivity index (χ2v) is 5.13. The molecular formula is C13H17Cl2NO2. The van der Waals surface area contributed by atoms with Gasteiger partial charge in [0.15, 0.2) is 0 Å². The van der Waals surface area contributed by atoms with Gasteiger partial charge in [0.2, 0.25) is 0 Å². The third-order valence-corrected chi connectivity index (χ3v) is 3.70. The normalized spacial score (nSPS) is 26.8. The van der Waals surface area contributed by atoms with Gasteiger partial charge in [-0.3, -0.25) is 0 Å². The quantitative estimate of drug-likeness (QED) is 0.903. The number of nitrogens with one attached hydrogen (secondary N) is 1. The fourth-order valence-corrected chi connectivity index (χ4v) is 2.45. The van der Waals surface area contributed by atoms with E-state index in [0.717, 1.165) is 6.42 Å². The molecule has 1 N–H and O–H groups in total. The van der Waals surface area contributed by atoms with Gasteiger partial charge in [-0.1, -0.05) is 23.2 Å². The largest absolute Gasteiger partial charge is 0.486 e. The van der Waals surface area contributed by atoms with Gasteiger partial charge in [0.25, 0.3) is 0 Å². The van der Waals surface area contributed by atoms with Gasteiger partial charge in [-0.2, -0.15) is 0 Å². The van der Waals surface area contributed by atoms with Crippen LogP contribution in [0.2, 0.25) is 10.0 Å². The van der Waals surface area contributed by atoms with Crippen LogP contribution in [0.25, 0.3) is 0 Å².